The first-order chi connectivity index (χ1) is 16.5. The summed E-state index contributed by atoms with van der Waals surface area (Å²) < 4.78 is 13.8. The van der Waals surface area contributed by atoms with E-state index < -0.39 is 0 Å². The van der Waals surface area contributed by atoms with Gasteiger partial charge in [-0.25, -0.2) is 4.98 Å². The number of aryl methyl sites for hydroxylation is 2. The van der Waals surface area contributed by atoms with Crippen LogP contribution in [0.4, 0.5) is 0 Å². The van der Waals surface area contributed by atoms with Crippen LogP contribution in [0.1, 0.15) is 11.4 Å². The molecule has 0 radical (unpaired) electrons. The van der Waals surface area contributed by atoms with Gasteiger partial charge >= 0.3 is 0 Å². The van der Waals surface area contributed by atoms with Crippen molar-refractivity contribution in [3.8, 4) is 17.2 Å². The van der Waals surface area contributed by atoms with E-state index in [2.05, 4.69) is 11.9 Å². The SMILES string of the molecule is CSCC(=O)NC=O.Cc1ccc(OCc2nc3ccc(Oc4ccccc4)cc3n2C)cc1. The lowest BCUT2D eigenvalue weighted by Gasteiger charge is -2.07. The Morgan fingerprint density at radius 2 is 1.74 bits per heavy atom. The van der Waals surface area contributed by atoms with E-state index in [0.717, 1.165) is 34.1 Å². The van der Waals surface area contributed by atoms with Gasteiger partial charge in [0, 0.05) is 13.1 Å². The van der Waals surface area contributed by atoms with Crippen molar-refractivity contribution < 1.29 is 19.1 Å². The second kappa shape index (κ2) is 12.5. The van der Waals surface area contributed by atoms with E-state index in [1.165, 1.54) is 17.3 Å². The van der Waals surface area contributed by atoms with Gasteiger partial charge in [-0.2, -0.15) is 11.8 Å². The minimum atomic E-state index is -0.243. The molecule has 7 nitrogen and oxygen atoms in total. The number of hydrogen-bond acceptors (Lipinski definition) is 6. The van der Waals surface area contributed by atoms with E-state index >= 15 is 0 Å². The maximum absolute atomic E-state index is 10.3. The Hall–Kier alpha value is -3.78. The molecule has 1 N–H and O–H groups in total. The van der Waals surface area contributed by atoms with Crippen LogP contribution < -0.4 is 14.8 Å². The monoisotopic (exact) mass is 477 g/mol. The van der Waals surface area contributed by atoms with Gasteiger partial charge < -0.3 is 14.0 Å². The summed E-state index contributed by atoms with van der Waals surface area (Å²) in [4.78, 5) is 24.5. The van der Waals surface area contributed by atoms with E-state index in [4.69, 9.17) is 9.47 Å². The van der Waals surface area contributed by atoms with Gasteiger partial charge in [0.1, 0.15) is 29.7 Å². The van der Waals surface area contributed by atoms with Gasteiger partial charge in [0.2, 0.25) is 12.3 Å². The number of benzene rings is 3. The largest absolute Gasteiger partial charge is 0.486 e. The van der Waals surface area contributed by atoms with Crippen molar-refractivity contribution in [3.05, 3.63) is 84.2 Å². The summed E-state index contributed by atoms with van der Waals surface area (Å²) in [5, 5.41) is 2.01. The molecule has 1 aromatic heterocycles. The molecule has 0 saturated heterocycles. The first kappa shape index (κ1) is 24.9. The Morgan fingerprint density at radius 1 is 1.03 bits per heavy atom. The van der Waals surface area contributed by atoms with E-state index in [-0.39, 0.29) is 5.91 Å². The van der Waals surface area contributed by atoms with Gasteiger partial charge in [0.05, 0.1) is 16.8 Å². The number of fused-ring (bicyclic) bond motifs is 1. The number of nitrogens with one attached hydrogen (secondary N) is 1. The fraction of sp³-hybridized carbons (Fsp3) is 0.192. The fourth-order valence-corrected chi connectivity index (χ4v) is 3.40. The zero-order valence-electron chi connectivity index (χ0n) is 19.4. The van der Waals surface area contributed by atoms with Crippen molar-refractivity contribution in [2.45, 2.75) is 13.5 Å². The minimum absolute atomic E-state index is 0.243. The third kappa shape index (κ3) is 7.11. The Bertz CT molecular complexity index is 1220. The minimum Gasteiger partial charge on any atom is -0.486 e. The van der Waals surface area contributed by atoms with Crippen molar-refractivity contribution in [1.29, 1.82) is 0 Å². The Morgan fingerprint density at radius 3 is 2.41 bits per heavy atom. The number of carbonyl (C=O) groups excluding carboxylic acids is 2. The molecule has 4 rings (SSSR count). The zero-order chi connectivity index (χ0) is 24.3. The molecule has 8 heteroatoms. The third-order valence-electron chi connectivity index (χ3n) is 4.81. The van der Waals surface area contributed by atoms with Crippen LogP contribution >= 0.6 is 11.8 Å². The predicted octanol–water partition coefficient (Wildman–Crippen LogP) is 4.88. The summed E-state index contributed by atoms with van der Waals surface area (Å²) in [5.41, 5.74) is 3.15. The van der Waals surface area contributed by atoms with E-state index in [1.807, 2.05) is 89.7 Å². The molecule has 0 bridgehead atoms. The van der Waals surface area contributed by atoms with Gasteiger partial charge in [-0.1, -0.05) is 35.9 Å². The molecule has 3 aromatic carbocycles. The summed E-state index contributed by atoms with van der Waals surface area (Å²) >= 11 is 1.38. The molecule has 1 heterocycles. The van der Waals surface area contributed by atoms with Gasteiger partial charge in [0.15, 0.2) is 0 Å². The lowest BCUT2D eigenvalue weighted by Crippen LogP contribution is -2.22. The fourth-order valence-electron chi connectivity index (χ4n) is 3.06. The van der Waals surface area contributed by atoms with Crippen LogP contribution in [0.5, 0.6) is 17.2 Å². The highest BCUT2D eigenvalue weighted by atomic mass is 32.2. The number of ether oxygens (including phenoxy) is 2. The molecule has 2 amide bonds. The number of imidazole rings is 1. The molecule has 0 aliphatic heterocycles. The number of imide groups is 1. The second-order valence-corrected chi connectivity index (χ2v) is 8.24. The van der Waals surface area contributed by atoms with Crippen LogP contribution in [-0.4, -0.2) is 33.9 Å². The molecule has 0 atom stereocenters. The summed E-state index contributed by atoms with van der Waals surface area (Å²) in [6, 6.07) is 23.7. The van der Waals surface area contributed by atoms with Gasteiger partial charge in [-0.3, -0.25) is 14.9 Å². The van der Waals surface area contributed by atoms with E-state index in [0.29, 0.717) is 18.8 Å². The summed E-state index contributed by atoms with van der Waals surface area (Å²) in [6.07, 6.45) is 2.18. The number of carbonyl (C=O) groups is 2. The molecular weight excluding hydrogens is 450 g/mol. The lowest BCUT2D eigenvalue weighted by molar-refractivity contribution is -0.123. The highest BCUT2D eigenvalue weighted by Crippen LogP contribution is 2.26. The molecule has 0 unspecified atom stereocenters. The van der Waals surface area contributed by atoms with Crippen molar-refractivity contribution in [1.82, 2.24) is 14.9 Å². The number of amides is 2. The molecule has 0 aliphatic rings. The molecule has 0 spiro atoms. The molecule has 34 heavy (non-hydrogen) atoms. The number of hydrogen-bond donors (Lipinski definition) is 1. The number of aromatic nitrogens is 2. The van der Waals surface area contributed by atoms with Gasteiger partial charge in [0.25, 0.3) is 0 Å². The second-order valence-electron chi connectivity index (χ2n) is 7.37. The van der Waals surface area contributed by atoms with Crippen molar-refractivity contribution >= 4 is 35.1 Å². The van der Waals surface area contributed by atoms with Crippen LogP contribution in [0.3, 0.4) is 0 Å². The van der Waals surface area contributed by atoms with Gasteiger partial charge in [-0.15, -0.1) is 0 Å². The average molecular weight is 478 g/mol. The quantitative estimate of drug-likeness (QED) is 0.365. The predicted molar refractivity (Wildman–Crippen MR) is 135 cm³/mol. The van der Waals surface area contributed by atoms with Crippen LogP contribution in [0, 0.1) is 6.92 Å². The Kier molecular flexibility index (Phi) is 9.11. The number of rotatable bonds is 8. The summed E-state index contributed by atoms with van der Waals surface area (Å²) in [6.45, 7) is 2.48. The molecule has 4 aromatic rings. The highest BCUT2D eigenvalue weighted by Gasteiger charge is 2.10. The Labute approximate surface area is 203 Å². The molecule has 0 fully saturated rings. The van der Waals surface area contributed by atoms with Crippen molar-refractivity contribution in [2.75, 3.05) is 12.0 Å². The summed E-state index contributed by atoms with van der Waals surface area (Å²) in [5.74, 6) is 3.42. The van der Waals surface area contributed by atoms with Crippen LogP contribution in [0.25, 0.3) is 11.0 Å². The van der Waals surface area contributed by atoms with Crippen LogP contribution in [0.2, 0.25) is 0 Å². The average Bonchev–Trinajstić information content (AvgIpc) is 3.15. The van der Waals surface area contributed by atoms with Crippen molar-refractivity contribution in [3.63, 3.8) is 0 Å². The third-order valence-corrected chi connectivity index (χ3v) is 5.36. The number of para-hydroxylation sites is 1. The Balaban J connectivity index is 0.000000350. The number of thioether (sulfide) groups is 1. The maximum atomic E-state index is 10.3. The van der Waals surface area contributed by atoms with Crippen LogP contribution in [-0.2, 0) is 23.2 Å². The standard InChI is InChI=1S/C22H20N2O2.C4H7NO2S/c1-16-8-10-17(11-9-16)25-15-22-23-20-13-12-19(14-21(20)24(22)2)26-18-6-4-3-5-7-18;1-8-2-4(7)5-3-6/h3-14H,15H2,1-2H3;3H,2H2,1H3,(H,5,6,7). The first-order valence-electron chi connectivity index (χ1n) is 10.6. The first-order valence-corrected chi connectivity index (χ1v) is 12.0. The molecule has 176 valence electrons. The smallest absolute Gasteiger partial charge is 0.236 e. The van der Waals surface area contributed by atoms with Crippen LogP contribution in [0.15, 0.2) is 72.8 Å². The summed E-state index contributed by atoms with van der Waals surface area (Å²) in [7, 11) is 2.00. The molecular formula is C26H27N3O4S. The maximum Gasteiger partial charge on any atom is 0.236 e. The zero-order valence-corrected chi connectivity index (χ0v) is 20.2. The van der Waals surface area contributed by atoms with E-state index in [1.54, 1.807) is 6.26 Å². The number of nitrogens with zero attached hydrogens (tertiary/aromatic N) is 2. The van der Waals surface area contributed by atoms with E-state index in [9.17, 15) is 9.59 Å². The van der Waals surface area contributed by atoms with Gasteiger partial charge in [-0.05, 0) is 49.6 Å². The normalized spacial score (nSPS) is 10.2. The highest BCUT2D eigenvalue weighted by molar-refractivity contribution is 7.99. The van der Waals surface area contributed by atoms with Crippen molar-refractivity contribution in [2.24, 2.45) is 7.05 Å². The molecule has 0 saturated carbocycles. The lowest BCUT2D eigenvalue weighted by atomic mass is 10.2. The topological polar surface area (TPSA) is 82.5 Å². The molecule has 0 aliphatic carbocycles.